The molecule has 2 heterocycles. The maximum atomic E-state index is 10.4. The van der Waals surface area contributed by atoms with E-state index < -0.39 is 0 Å². The summed E-state index contributed by atoms with van der Waals surface area (Å²) < 4.78 is 11.4. The highest BCUT2D eigenvalue weighted by molar-refractivity contribution is 4.92. The van der Waals surface area contributed by atoms with Crippen LogP contribution in [0.25, 0.3) is 0 Å². The summed E-state index contributed by atoms with van der Waals surface area (Å²) in [7, 11) is 0. The number of ether oxygens (including phenoxy) is 2. The average molecular weight is 242 g/mol. The van der Waals surface area contributed by atoms with Gasteiger partial charge in [-0.3, -0.25) is 0 Å². The maximum Gasteiger partial charge on any atom is 0.0940 e. The third-order valence-corrected chi connectivity index (χ3v) is 4.41. The smallest absolute Gasteiger partial charge is 0.0940 e. The van der Waals surface area contributed by atoms with Crippen molar-refractivity contribution in [2.45, 2.75) is 57.7 Å². The van der Waals surface area contributed by atoms with Crippen molar-refractivity contribution >= 4 is 0 Å². The first-order chi connectivity index (χ1) is 8.17. The lowest BCUT2D eigenvalue weighted by atomic mass is 9.78. The van der Waals surface area contributed by atoms with E-state index in [0.29, 0.717) is 11.8 Å². The van der Waals surface area contributed by atoms with E-state index in [1.54, 1.807) is 0 Å². The number of aliphatic hydroxyl groups excluding tert-OH is 1. The number of aliphatic hydroxyl groups is 1. The van der Waals surface area contributed by atoms with E-state index in [0.717, 1.165) is 51.9 Å². The van der Waals surface area contributed by atoms with E-state index in [-0.39, 0.29) is 11.7 Å². The monoisotopic (exact) mass is 242 g/mol. The van der Waals surface area contributed by atoms with Crippen molar-refractivity contribution in [3.8, 4) is 0 Å². The van der Waals surface area contributed by atoms with E-state index in [4.69, 9.17) is 9.47 Å². The van der Waals surface area contributed by atoms with Crippen LogP contribution in [0.4, 0.5) is 0 Å². The predicted octanol–water partition coefficient (Wildman–Crippen LogP) is 2.37. The van der Waals surface area contributed by atoms with E-state index in [1.807, 2.05) is 0 Å². The highest BCUT2D eigenvalue weighted by atomic mass is 16.6. The minimum absolute atomic E-state index is 0.0736. The molecule has 4 atom stereocenters. The Kier molecular flexibility index (Phi) is 4.45. The van der Waals surface area contributed by atoms with Gasteiger partial charge in [-0.15, -0.1) is 0 Å². The second-order valence-electron chi connectivity index (χ2n) is 5.84. The molecule has 17 heavy (non-hydrogen) atoms. The molecule has 1 N–H and O–H groups in total. The quantitative estimate of drug-likeness (QED) is 0.822. The van der Waals surface area contributed by atoms with Crippen LogP contribution in [-0.4, -0.2) is 36.6 Å². The molecule has 1 spiro atoms. The predicted molar refractivity (Wildman–Crippen MR) is 66.9 cm³/mol. The van der Waals surface area contributed by atoms with Crippen molar-refractivity contribution in [2.75, 3.05) is 19.8 Å². The molecule has 2 saturated heterocycles. The molecule has 3 heteroatoms. The molecule has 2 aliphatic heterocycles. The molecule has 4 unspecified atom stereocenters. The normalized spacial score (nSPS) is 37.2. The van der Waals surface area contributed by atoms with E-state index in [1.165, 1.54) is 0 Å². The summed E-state index contributed by atoms with van der Waals surface area (Å²) in [6, 6.07) is 0. The molecule has 2 fully saturated rings. The molecule has 0 aliphatic carbocycles. The number of rotatable bonds is 4. The third kappa shape index (κ3) is 3.01. The van der Waals surface area contributed by atoms with Crippen molar-refractivity contribution in [3.63, 3.8) is 0 Å². The molecule has 0 aromatic heterocycles. The lowest BCUT2D eigenvalue weighted by molar-refractivity contribution is -0.122. The van der Waals surface area contributed by atoms with Gasteiger partial charge in [-0.2, -0.15) is 0 Å². The second-order valence-corrected chi connectivity index (χ2v) is 5.84. The molecule has 0 aromatic rings. The summed E-state index contributed by atoms with van der Waals surface area (Å²) in [4.78, 5) is 0. The lowest BCUT2D eigenvalue weighted by Gasteiger charge is -2.40. The molecule has 0 aromatic carbocycles. The van der Waals surface area contributed by atoms with Crippen LogP contribution in [0.5, 0.6) is 0 Å². The van der Waals surface area contributed by atoms with Crippen molar-refractivity contribution in [2.24, 2.45) is 11.8 Å². The Morgan fingerprint density at radius 2 is 2.24 bits per heavy atom. The summed E-state index contributed by atoms with van der Waals surface area (Å²) in [5.41, 5.74) is -0.0736. The Hall–Kier alpha value is -0.120. The Morgan fingerprint density at radius 3 is 2.88 bits per heavy atom. The molecular weight excluding hydrogens is 216 g/mol. The highest BCUT2D eigenvalue weighted by Gasteiger charge is 2.43. The van der Waals surface area contributed by atoms with E-state index in [9.17, 15) is 5.11 Å². The van der Waals surface area contributed by atoms with E-state index in [2.05, 4.69) is 13.8 Å². The fourth-order valence-corrected chi connectivity index (χ4v) is 3.31. The zero-order valence-corrected chi connectivity index (χ0v) is 11.2. The molecule has 0 saturated carbocycles. The van der Waals surface area contributed by atoms with Crippen LogP contribution in [0.3, 0.4) is 0 Å². The lowest BCUT2D eigenvalue weighted by Crippen LogP contribution is -2.44. The van der Waals surface area contributed by atoms with Crippen LogP contribution < -0.4 is 0 Å². The zero-order chi connectivity index (χ0) is 12.3. The van der Waals surface area contributed by atoms with Crippen molar-refractivity contribution in [3.05, 3.63) is 0 Å². The third-order valence-electron chi connectivity index (χ3n) is 4.41. The van der Waals surface area contributed by atoms with Gasteiger partial charge < -0.3 is 14.6 Å². The van der Waals surface area contributed by atoms with Crippen LogP contribution in [0.2, 0.25) is 0 Å². The first kappa shape index (κ1) is 13.3. The minimum atomic E-state index is -0.170. The Morgan fingerprint density at radius 1 is 1.41 bits per heavy atom. The van der Waals surface area contributed by atoms with Gasteiger partial charge in [0.2, 0.25) is 0 Å². The van der Waals surface area contributed by atoms with E-state index >= 15 is 0 Å². The maximum absolute atomic E-state index is 10.4. The van der Waals surface area contributed by atoms with Gasteiger partial charge in [-0.25, -0.2) is 0 Å². The number of hydrogen-bond donors (Lipinski definition) is 1. The van der Waals surface area contributed by atoms with Crippen molar-refractivity contribution < 1.29 is 14.6 Å². The summed E-state index contributed by atoms with van der Waals surface area (Å²) in [6.07, 6.45) is 5.06. The van der Waals surface area contributed by atoms with Gasteiger partial charge in [0.25, 0.3) is 0 Å². The number of hydrogen-bond acceptors (Lipinski definition) is 3. The van der Waals surface area contributed by atoms with Gasteiger partial charge in [-0.1, -0.05) is 20.3 Å². The highest BCUT2D eigenvalue weighted by Crippen LogP contribution is 2.38. The first-order valence-electron chi connectivity index (χ1n) is 7.06. The summed E-state index contributed by atoms with van der Waals surface area (Å²) >= 11 is 0. The standard InChI is InChI=1S/C14H26O3/c1-3-4-11(2)13(15)12-5-7-17-14(9-12)6-8-16-10-14/h11-13,15H,3-10H2,1-2H3. The van der Waals surface area contributed by atoms with Gasteiger partial charge >= 0.3 is 0 Å². The SMILES string of the molecule is CCCC(C)C(O)C1CCOC2(CCOC2)C1. The van der Waals surface area contributed by atoms with Crippen LogP contribution in [0.15, 0.2) is 0 Å². The molecule has 0 bridgehead atoms. The van der Waals surface area contributed by atoms with Gasteiger partial charge in [-0.05, 0) is 31.1 Å². The van der Waals surface area contributed by atoms with Gasteiger partial charge in [0.15, 0.2) is 0 Å². The minimum Gasteiger partial charge on any atom is -0.393 e. The van der Waals surface area contributed by atoms with Crippen LogP contribution in [0, 0.1) is 11.8 Å². The molecular formula is C14H26O3. The molecule has 2 aliphatic rings. The summed E-state index contributed by atoms with van der Waals surface area (Å²) in [5.74, 6) is 0.800. The molecule has 0 amide bonds. The van der Waals surface area contributed by atoms with Gasteiger partial charge in [0.05, 0.1) is 18.3 Å². The van der Waals surface area contributed by atoms with Crippen LogP contribution in [0.1, 0.15) is 46.0 Å². The van der Waals surface area contributed by atoms with Gasteiger partial charge in [0.1, 0.15) is 0 Å². The van der Waals surface area contributed by atoms with Crippen LogP contribution >= 0.6 is 0 Å². The summed E-state index contributed by atoms with van der Waals surface area (Å²) in [5, 5.41) is 10.4. The van der Waals surface area contributed by atoms with Crippen LogP contribution in [-0.2, 0) is 9.47 Å². The molecule has 100 valence electrons. The molecule has 3 nitrogen and oxygen atoms in total. The van der Waals surface area contributed by atoms with Crippen molar-refractivity contribution in [1.29, 1.82) is 0 Å². The first-order valence-corrected chi connectivity index (χ1v) is 7.06. The Balaban J connectivity index is 1.92. The second kappa shape index (κ2) is 5.68. The summed E-state index contributed by atoms with van der Waals surface area (Å²) in [6.45, 7) is 6.66. The fourth-order valence-electron chi connectivity index (χ4n) is 3.31. The molecule has 0 radical (unpaired) electrons. The zero-order valence-electron chi connectivity index (χ0n) is 11.2. The Bertz CT molecular complexity index is 236. The Labute approximate surface area is 104 Å². The van der Waals surface area contributed by atoms with Gasteiger partial charge in [0, 0.05) is 19.6 Å². The topological polar surface area (TPSA) is 38.7 Å². The van der Waals surface area contributed by atoms with Crippen molar-refractivity contribution in [1.82, 2.24) is 0 Å². The fraction of sp³-hybridized carbons (Fsp3) is 1.00. The average Bonchev–Trinajstić information content (AvgIpc) is 2.76. The molecule has 2 rings (SSSR count). The largest absolute Gasteiger partial charge is 0.393 e.